The number of carbonyl (C=O) groups excluding carboxylic acids is 2. The first-order valence-electron chi connectivity index (χ1n) is 10.4. The molecule has 9 nitrogen and oxygen atoms in total. The van der Waals surface area contributed by atoms with Crippen molar-refractivity contribution in [2.45, 2.75) is 51.7 Å². The van der Waals surface area contributed by atoms with E-state index in [1.54, 1.807) is 18.7 Å². The lowest BCUT2D eigenvalue weighted by Crippen LogP contribution is -2.42. The normalized spacial score (nSPS) is 19.3. The number of benzene rings is 1. The van der Waals surface area contributed by atoms with Gasteiger partial charge in [-0.1, -0.05) is 31.9 Å². The fraction of sp³-hybridized carbons (Fsp3) is 0.524. The number of aromatic nitrogens is 4. The van der Waals surface area contributed by atoms with Crippen LogP contribution in [0.25, 0.3) is 16.8 Å². The summed E-state index contributed by atoms with van der Waals surface area (Å²) in [6.45, 7) is 2.10. The summed E-state index contributed by atoms with van der Waals surface area (Å²) in [6.07, 6.45) is 4.46. The Morgan fingerprint density at radius 2 is 1.83 bits per heavy atom. The third-order valence-electron chi connectivity index (χ3n) is 6.02. The molecule has 0 saturated heterocycles. The Hall–Kier alpha value is -3.10. The van der Waals surface area contributed by atoms with Crippen molar-refractivity contribution in [3.05, 3.63) is 34.7 Å². The average Bonchev–Trinajstić information content (AvgIpc) is 3.19. The standard InChI is InChI=1S/C21H28N6O3/c1-14-8-4-5-9-15(14)22-18(28)12-25-16-10-6-7-11-17(16)27-20(25)23-26(21(27)30)13-19(29)24(2)3/h6-7,10-11,14-15H,4-5,8-9,12-13H2,1-3H3,(H,22,28)/t14-,15+/m1/s1. The highest BCUT2D eigenvalue weighted by Crippen LogP contribution is 2.24. The monoisotopic (exact) mass is 412 g/mol. The molecule has 0 radical (unpaired) electrons. The molecule has 0 spiro atoms. The van der Waals surface area contributed by atoms with E-state index in [-0.39, 0.29) is 30.9 Å². The molecule has 0 bridgehead atoms. The van der Waals surface area contributed by atoms with Crippen LogP contribution in [-0.4, -0.2) is 55.6 Å². The molecular formula is C21H28N6O3. The Balaban J connectivity index is 1.70. The van der Waals surface area contributed by atoms with Gasteiger partial charge in [0.15, 0.2) is 0 Å². The Morgan fingerprint density at radius 1 is 1.13 bits per heavy atom. The summed E-state index contributed by atoms with van der Waals surface area (Å²) in [5, 5.41) is 7.55. The molecule has 1 aromatic carbocycles. The highest BCUT2D eigenvalue weighted by molar-refractivity contribution is 5.84. The highest BCUT2D eigenvalue weighted by atomic mass is 16.2. The first-order chi connectivity index (χ1) is 14.4. The summed E-state index contributed by atoms with van der Waals surface area (Å²) in [6, 6.07) is 7.58. The van der Waals surface area contributed by atoms with Crippen LogP contribution in [0.2, 0.25) is 0 Å². The summed E-state index contributed by atoms with van der Waals surface area (Å²) in [4.78, 5) is 39.3. The molecule has 9 heteroatoms. The molecule has 2 heterocycles. The fourth-order valence-electron chi connectivity index (χ4n) is 4.23. The summed E-state index contributed by atoms with van der Waals surface area (Å²) in [5.74, 6) is 0.503. The summed E-state index contributed by atoms with van der Waals surface area (Å²) in [5.41, 5.74) is 1.03. The van der Waals surface area contributed by atoms with E-state index in [0.717, 1.165) is 29.5 Å². The van der Waals surface area contributed by atoms with E-state index in [2.05, 4.69) is 17.3 Å². The summed E-state index contributed by atoms with van der Waals surface area (Å²) >= 11 is 0. The lowest BCUT2D eigenvalue weighted by atomic mass is 9.86. The minimum atomic E-state index is -0.392. The van der Waals surface area contributed by atoms with Crippen LogP contribution in [-0.2, 0) is 22.7 Å². The summed E-state index contributed by atoms with van der Waals surface area (Å²) < 4.78 is 4.37. The maximum atomic E-state index is 12.9. The number of nitrogens with one attached hydrogen (secondary N) is 1. The molecule has 3 aromatic rings. The van der Waals surface area contributed by atoms with Gasteiger partial charge in [0, 0.05) is 20.1 Å². The number of carbonyl (C=O) groups is 2. The number of para-hydroxylation sites is 2. The molecule has 1 N–H and O–H groups in total. The zero-order valence-corrected chi connectivity index (χ0v) is 17.7. The molecule has 0 unspecified atom stereocenters. The lowest BCUT2D eigenvalue weighted by Gasteiger charge is -2.29. The molecule has 1 aliphatic rings. The van der Waals surface area contributed by atoms with Crippen molar-refractivity contribution >= 4 is 28.6 Å². The molecule has 1 aliphatic carbocycles. The van der Waals surface area contributed by atoms with E-state index in [0.29, 0.717) is 17.2 Å². The van der Waals surface area contributed by atoms with Gasteiger partial charge >= 0.3 is 5.69 Å². The Kier molecular flexibility index (Phi) is 5.36. The topological polar surface area (TPSA) is 93.6 Å². The number of imidazole rings is 1. The molecule has 4 rings (SSSR count). The second kappa shape index (κ2) is 7.97. The van der Waals surface area contributed by atoms with Gasteiger partial charge in [-0.3, -0.25) is 14.2 Å². The van der Waals surface area contributed by atoms with Gasteiger partial charge in [0.25, 0.3) is 0 Å². The number of nitrogens with zero attached hydrogens (tertiary/aromatic N) is 5. The first kappa shape index (κ1) is 20.2. The third kappa shape index (κ3) is 3.59. The van der Waals surface area contributed by atoms with Crippen molar-refractivity contribution in [1.82, 2.24) is 29.0 Å². The highest BCUT2D eigenvalue weighted by Gasteiger charge is 2.25. The predicted molar refractivity (Wildman–Crippen MR) is 113 cm³/mol. The Labute approximate surface area is 174 Å². The Bertz CT molecular complexity index is 1150. The maximum absolute atomic E-state index is 12.9. The smallest absolute Gasteiger partial charge is 0.352 e. The quantitative estimate of drug-likeness (QED) is 0.682. The van der Waals surface area contributed by atoms with Gasteiger partial charge in [-0.25, -0.2) is 13.9 Å². The van der Waals surface area contributed by atoms with E-state index in [1.165, 1.54) is 15.7 Å². The van der Waals surface area contributed by atoms with Crippen molar-refractivity contribution in [1.29, 1.82) is 0 Å². The van der Waals surface area contributed by atoms with Crippen LogP contribution in [0.1, 0.15) is 32.6 Å². The predicted octanol–water partition coefficient (Wildman–Crippen LogP) is 1.23. The van der Waals surface area contributed by atoms with Crippen molar-refractivity contribution in [3.63, 3.8) is 0 Å². The van der Waals surface area contributed by atoms with Crippen molar-refractivity contribution < 1.29 is 9.59 Å². The van der Waals surface area contributed by atoms with Crippen LogP contribution in [0.5, 0.6) is 0 Å². The largest absolute Gasteiger partial charge is 0.352 e. The van der Waals surface area contributed by atoms with Crippen LogP contribution < -0.4 is 11.0 Å². The van der Waals surface area contributed by atoms with Gasteiger partial charge in [-0.15, -0.1) is 5.10 Å². The number of fused-ring (bicyclic) bond motifs is 3. The molecular weight excluding hydrogens is 384 g/mol. The third-order valence-corrected chi connectivity index (χ3v) is 6.02. The minimum absolute atomic E-state index is 0.0678. The van der Waals surface area contributed by atoms with Crippen LogP contribution in [0.4, 0.5) is 0 Å². The minimum Gasteiger partial charge on any atom is -0.352 e. The van der Waals surface area contributed by atoms with Crippen LogP contribution >= 0.6 is 0 Å². The number of hydrogen-bond donors (Lipinski definition) is 1. The molecule has 2 atom stereocenters. The number of likely N-dealkylation sites (N-methyl/N-ethyl adjacent to an activating group) is 1. The molecule has 1 saturated carbocycles. The van der Waals surface area contributed by atoms with Gasteiger partial charge in [0.2, 0.25) is 17.6 Å². The van der Waals surface area contributed by atoms with E-state index >= 15 is 0 Å². The van der Waals surface area contributed by atoms with Crippen molar-refractivity contribution in [2.75, 3.05) is 14.1 Å². The fourth-order valence-corrected chi connectivity index (χ4v) is 4.23. The van der Waals surface area contributed by atoms with Gasteiger partial charge in [-0.2, -0.15) is 0 Å². The van der Waals surface area contributed by atoms with E-state index in [4.69, 9.17) is 0 Å². The van der Waals surface area contributed by atoms with Gasteiger partial charge in [-0.05, 0) is 30.9 Å². The summed E-state index contributed by atoms with van der Waals surface area (Å²) in [7, 11) is 3.27. The molecule has 0 aliphatic heterocycles. The number of hydrogen-bond acceptors (Lipinski definition) is 4. The van der Waals surface area contributed by atoms with E-state index < -0.39 is 5.69 Å². The lowest BCUT2D eigenvalue weighted by molar-refractivity contribution is -0.129. The van der Waals surface area contributed by atoms with Crippen LogP contribution in [0.15, 0.2) is 29.1 Å². The maximum Gasteiger partial charge on any atom is 0.352 e. The van der Waals surface area contributed by atoms with Crippen LogP contribution in [0, 0.1) is 5.92 Å². The molecule has 1 fully saturated rings. The van der Waals surface area contributed by atoms with E-state index in [9.17, 15) is 14.4 Å². The zero-order valence-electron chi connectivity index (χ0n) is 17.7. The zero-order chi connectivity index (χ0) is 21.4. The second-order valence-corrected chi connectivity index (χ2v) is 8.37. The molecule has 30 heavy (non-hydrogen) atoms. The molecule has 2 amide bonds. The number of rotatable bonds is 5. The molecule has 160 valence electrons. The molecule has 2 aromatic heterocycles. The van der Waals surface area contributed by atoms with Crippen molar-refractivity contribution in [2.24, 2.45) is 5.92 Å². The van der Waals surface area contributed by atoms with Gasteiger partial charge in [0.1, 0.15) is 13.1 Å². The first-order valence-corrected chi connectivity index (χ1v) is 10.4. The number of amides is 2. The Morgan fingerprint density at radius 3 is 2.53 bits per heavy atom. The van der Waals surface area contributed by atoms with Gasteiger partial charge < -0.3 is 10.2 Å². The van der Waals surface area contributed by atoms with Crippen LogP contribution in [0.3, 0.4) is 0 Å². The van der Waals surface area contributed by atoms with Gasteiger partial charge in [0.05, 0.1) is 11.0 Å². The SMILES string of the molecule is C[C@@H]1CCCC[C@@H]1NC(=O)Cn1c2ccccc2n2c(=O)n(CC(=O)N(C)C)nc12. The van der Waals surface area contributed by atoms with E-state index in [1.807, 2.05) is 24.3 Å². The average molecular weight is 412 g/mol. The second-order valence-electron chi connectivity index (χ2n) is 8.37. The van der Waals surface area contributed by atoms with Crippen molar-refractivity contribution in [3.8, 4) is 0 Å².